The van der Waals surface area contributed by atoms with Crippen molar-refractivity contribution in [3.05, 3.63) is 53.1 Å². The van der Waals surface area contributed by atoms with E-state index in [0.29, 0.717) is 11.6 Å². The second-order valence-electron chi connectivity index (χ2n) is 3.90. The molecule has 0 saturated heterocycles. The Labute approximate surface area is 106 Å². The molecule has 0 heterocycles. The van der Waals surface area contributed by atoms with Crippen molar-refractivity contribution in [1.29, 1.82) is 0 Å². The lowest BCUT2D eigenvalue weighted by molar-refractivity contribution is 0.475. The van der Waals surface area contributed by atoms with Crippen molar-refractivity contribution in [2.24, 2.45) is 5.73 Å². The minimum Gasteiger partial charge on any atom is -0.506 e. The molecule has 0 aliphatic rings. The molecule has 0 spiro atoms. The van der Waals surface area contributed by atoms with Crippen LogP contribution in [-0.2, 0) is 6.42 Å². The lowest BCUT2D eigenvalue weighted by Crippen LogP contribution is -2.02. The van der Waals surface area contributed by atoms with Crippen molar-refractivity contribution >= 4 is 11.6 Å². The average Bonchev–Trinajstić information content (AvgIpc) is 2.34. The molecule has 0 fully saturated rings. The zero-order chi connectivity index (χ0) is 12.3. The van der Waals surface area contributed by atoms with Gasteiger partial charge in [-0.1, -0.05) is 41.9 Å². The highest BCUT2D eigenvalue weighted by atomic mass is 35.5. The summed E-state index contributed by atoms with van der Waals surface area (Å²) in [6, 6.07) is 13.4. The van der Waals surface area contributed by atoms with Crippen LogP contribution in [0.25, 0.3) is 11.1 Å². The molecular formula is C14H14ClNO. The van der Waals surface area contributed by atoms with Gasteiger partial charge in [0.15, 0.2) is 0 Å². The van der Waals surface area contributed by atoms with Crippen LogP contribution in [-0.4, -0.2) is 11.7 Å². The van der Waals surface area contributed by atoms with Crippen LogP contribution in [0.3, 0.4) is 0 Å². The molecule has 3 N–H and O–H groups in total. The van der Waals surface area contributed by atoms with Gasteiger partial charge in [-0.3, -0.25) is 0 Å². The maximum atomic E-state index is 9.36. The summed E-state index contributed by atoms with van der Waals surface area (Å²) in [7, 11) is 0. The van der Waals surface area contributed by atoms with Crippen LogP contribution in [0.2, 0.25) is 5.02 Å². The number of phenolic OH excluding ortho intramolecular Hbond substituents is 1. The molecule has 0 aromatic heterocycles. The van der Waals surface area contributed by atoms with Crippen molar-refractivity contribution < 1.29 is 5.11 Å². The molecule has 0 amide bonds. The fraction of sp³-hybridized carbons (Fsp3) is 0.143. The highest BCUT2D eigenvalue weighted by Gasteiger charge is 2.02. The number of nitrogens with two attached hydrogens (primary N) is 1. The first-order valence-electron chi connectivity index (χ1n) is 5.48. The first-order chi connectivity index (χ1) is 8.20. The summed E-state index contributed by atoms with van der Waals surface area (Å²) in [5.74, 6) is 0.107. The lowest BCUT2D eigenvalue weighted by atomic mass is 10.0. The van der Waals surface area contributed by atoms with E-state index in [9.17, 15) is 5.11 Å². The van der Waals surface area contributed by atoms with E-state index in [2.05, 4.69) is 12.1 Å². The normalized spacial score (nSPS) is 10.5. The van der Waals surface area contributed by atoms with Crippen LogP contribution in [0.1, 0.15) is 5.56 Å². The van der Waals surface area contributed by atoms with Crippen molar-refractivity contribution in [1.82, 2.24) is 0 Å². The van der Waals surface area contributed by atoms with Crippen LogP contribution in [0.5, 0.6) is 5.75 Å². The lowest BCUT2D eigenvalue weighted by Gasteiger charge is -2.05. The number of halogens is 1. The molecule has 2 aromatic rings. The van der Waals surface area contributed by atoms with Gasteiger partial charge in [-0.15, -0.1) is 0 Å². The number of hydrogen-bond donors (Lipinski definition) is 2. The van der Waals surface area contributed by atoms with Gasteiger partial charge in [-0.05, 0) is 41.8 Å². The van der Waals surface area contributed by atoms with E-state index in [0.717, 1.165) is 17.5 Å². The summed E-state index contributed by atoms with van der Waals surface area (Å²) in [5.41, 5.74) is 8.79. The maximum absolute atomic E-state index is 9.36. The predicted octanol–water partition coefficient (Wildman–Crippen LogP) is 3.21. The van der Waals surface area contributed by atoms with Crippen LogP contribution in [0.15, 0.2) is 42.5 Å². The minimum atomic E-state index is 0.107. The third kappa shape index (κ3) is 2.78. The number of rotatable bonds is 3. The first kappa shape index (κ1) is 12.0. The third-order valence-electron chi connectivity index (χ3n) is 2.67. The number of aromatic hydroxyl groups is 1. The molecule has 3 heteroatoms. The van der Waals surface area contributed by atoms with Gasteiger partial charge in [-0.2, -0.15) is 0 Å². The van der Waals surface area contributed by atoms with Gasteiger partial charge < -0.3 is 10.8 Å². The van der Waals surface area contributed by atoms with Crippen molar-refractivity contribution in [3.63, 3.8) is 0 Å². The van der Waals surface area contributed by atoms with Crippen molar-refractivity contribution in [2.45, 2.75) is 6.42 Å². The fourth-order valence-electron chi connectivity index (χ4n) is 1.72. The highest BCUT2D eigenvalue weighted by molar-refractivity contribution is 6.32. The quantitative estimate of drug-likeness (QED) is 0.875. The molecule has 0 aliphatic heterocycles. The summed E-state index contributed by atoms with van der Waals surface area (Å²) in [4.78, 5) is 0. The topological polar surface area (TPSA) is 46.2 Å². The Balaban J connectivity index is 2.30. The van der Waals surface area contributed by atoms with Gasteiger partial charge in [0.2, 0.25) is 0 Å². The Morgan fingerprint density at radius 1 is 1.00 bits per heavy atom. The van der Waals surface area contributed by atoms with Gasteiger partial charge in [-0.25, -0.2) is 0 Å². The molecule has 0 atom stereocenters. The molecule has 2 aromatic carbocycles. The smallest absolute Gasteiger partial charge is 0.134 e. The molecule has 0 radical (unpaired) electrons. The molecule has 0 saturated carbocycles. The Hall–Kier alpha value is -1.51. The van der Waals surface area contributed by atoms with Crippen LogP contribution >= 0.6 is 11.6 Å². The van der Waals surface area contributed by atoms with Gasteiger partial charge in [0.25, 0.3) is 0 Å². The van der Waals surface area contributed by atoms with E-state index in [-0.39, 0.29) is 5.75 Å². The summed E-state index contributed by atoms with van der Waals surface area (Å²) in [5, 5.41) is 9.73. The van der Waals surface area contributed by atoms with Crippen molar-refractivity contribution in [2.75, 3.05) is 6.54 Å². The molecule has 17 heavy (non-hydrogen) atoms. The van der Waals surface area contributed by atoms with Crippen LogP contribution in [0, 0.1) is 0 Å². The first-order valence-corrected chi connectivity index (χ1v) is 5.86. The highest BCUT2D eigenvalue weighted by Crippen LogP contribution is 2.29. The average molecular weight is 248 g/mol. The van der Waals surface area contributed by atoms with E-state index >= 15 is 0 Å². The van der Waals surface area contributed by atoms with E-state index in [1.54, 1.807) is 12.1 Å². The number of phenols is 1. The predicted molar refractivity (Wildman–Crippen MR) is 71.3 cm³/mol. The molecule has 2 nitrogen and oxygen atoms in total. The summed E-state index contributed by atoms with van der Waals surface area (Å²) in [6.07, 6.45) is 0.886. The maximum Gasteiger partial charge on any atom is 0.134 e. The molecule has 0 bridgehead atoms. The van der Waals surface area contributed by atoms with Gasteiger partial charge in [0.05, 0.1) is 5.02 Å². The Bertz CT molecular complexity index is 508. The molecule has 2 rings (SSSR count). The fourth-order valence-corrected chi connectivity index (χ4v) is 1.90. The Kier molecular flexibility index (Phi) is 3.67. The van der Waals surface area contributed by atoms with Crippen LogP contribution in [0.4, 0.5) is 0 Å². The summed E-state index contributed by atoms with van der Waals surface area (Å²) in [6.45, 7) is 0.657. The van der Waals surface area contributed by atoms with E-state index in [1.165, 1.54) is 5.56 Å². The van der Waals surface area contributed by atoms with Gasteiger partial charge >= 0.3 is 0 Å². The summed E-state index contributed by atoms with van der Waals surface area (Å²) >= 11 is 5.88. The van der Waals surface area contributed by atoms with E-state index < -0.39 is 0 Å². The molecule has 0 unspecified atom stereocenters. The molecule has 88 valence electrons. The molecule has 0 aliphatic carbocycles. The molecular weight excluding hydrogens is 234 g/mol. The number of hydrogen-bond acceptors (Lipinski definition) is 2. The Morgan fingerprint density at radius 2 is 1.65 bits per heavy atom. The zero-order valence-electron chi connectivity index (χ0n) is 9.36. The van der Waals surface area contributed by atoms with Gasteiger partial charge in [0, 0.05) is 0 Å². The van der Waals surface area contributed by atoms with Crippen LogP contribution < -0.4 is 5.73 Å². The third-order valence-corrected chi connectivity index (χ3v) is 2.97. The number of benzene rings is 2. The zero-order valence-corrected chi connectivity index (χ0v) is 10.1. The second kappa shape index (κ2) is 5.21. The SMILES string of the molecule is NCCc1ccc(-c2ccc(O)c(Cl)c2)cc1. The monoisotopic (exact) mass is 247 g/mol. The van der Waals surface area contributed by atoms with Gasteiger partial charge in [0.1, 0.15) is 5.75 Å². The largest absolute Gasteiger partial charge is 0.506 e. The summed E-state index contributed by atoms with van der Waals surface area (Å²) < 4.78 is 0. The second-order valence-corrected chi connectivity index (χ2v) is 4.31. The minimum absolute atomic E-state index is 0.107. The van der Waals surface area contributed by atoms with E-state index in [1.807, 2.05) is 18.2 Å². The van der Waals surface area contributed by atoms with E-state index in [4.69, 9.17) is 17.3 Å². The Morgan fingerprint density at radius 3 is 2.24 bits per heavy atom. The van der Waals surface area contributed by atoms with Crippen molar-refractivity contribution in [3.8, 4) is 16.9 Å². The standard InChI is InChI=1S/C14H14ClNO/c15-13-9-12(5-6-14(13)17)11-3-1-10(2-4-11)7-8-16/h1-6,9,17H,7-8,16H2.